The fraction of sp³-hybridized carbons (Fsp3) is 0.824. The number of aromatic nitrogens is 2. The smallest absolute Gasteiger partial charge is 0.127 e. The third kappa shape index (κ3) is 2.76. The zero-order chi connectivity index (χ0) is 14.7. The van der Waals surface area contributed by atoms with Crippen molar-refractivity contribution in [2.45, 2.75) is 63.5 Å². The molecule has 4 nitrogen and oxygen atoms in total. The second-order valence-corrected chi connectivity index (χ2v) is 6.79. The average molecular weight is 290 g/mol. The zero-order valence-electron chi connectivity index (χ0n) is 13.6. The van der Waals surface area contributed by atoms with Gasteiger partial charge in [-0.15, -0.1) is 0 Å². The normalized spacial score (nSPS) is 23.7. The largest absolute Gasteiger partial charge is 0.337 e. The van der Waals surface area contributed by atoms with Crippen LogP contribution >= 0.6 is 0 Å². The maximum atomic E-state index is 4.70. The number of nitrogens with zero attached hydrogens (tertiary/aromatic N) is 3. The van der Waals surface area contributed by atoms with Gasteiger partial charge in [0.25, 0.3) is 0 Å². The lowest BCUT2D eigenvalue weighted by molar-refractivity contribution is 0.0717. The van der Waals surface area contributed by atoms with E-state index in [2.05, 4.69) is 35.0 Å². The molecular weight excluding hydrogens is 260 g/mol. The van der Waals surface area contributed by atoms with Gasteiger partial charge in [-0.05, 0) is 51.7 Å². The standard InChI is InChI=1S/C17H30N4/c1-3-10-18-15(16-19-11-14-20(16)2)17(8-4-5-9-17)21-12-6-7-13-21/h11,14-15,18H,3-10,12-13H2,1-2H3. The minimum Gasteiger partial charge on any atom is -0.337 e. The van der Waals surface area contributed by atoms with E-state index in [1.54, 1.807) is 0 Å². The highest BCUT2D eigenvalue weighted by molar-refractivity contribution is 5.13. The van der Waals surface area contributed by atoms with Crippen LogP contribution in [0.1, 0.15) is 63.7 Å². The fourth-order valence-electron chi connectivity index (χ4n) is 4.40. The molecule has 1 aromatic rings. The molecular formula is C17H30N4. The fourth-order valence-corrected chi connectivity index (χ4v) is 4.40. The van der Waals surface area contributed by atoms with Gasteiger partial charge in [-0.2, -0.15) is 0 Å². The van der Waals surface area contributed by atoms with Gasteiger partial charge in [0.2, 0.25) is 0 Å². The van der Waals surface area contributed by atoms with Gasteiger partial charge in [0.15, 0.2) is 0 Å². The summed E-state index contributed by atoms with van der Waals surface area (Å²) < 4.78 is 2.21. The average Bonchev–Trinajstić information content (AvgIpc) is 3.20. The molecule has 4 heteroatoms. The van der Waals surface area contributed by atoms with E-state index in [-0.39, 0.29) is 0 Å². The van der Waals surface area contributed by atoms with E-state index in [0.717, 1.165) is 6.54 Å². The minimum atomic E-state index is 0.296. The van der Waals surface area contributed by atoms with Crippen LogP contribution in [-0.2, 0) is 7.05 Å². The summed E-state index contributed by atoms with van der Waals surface area (Å²) in [6.07, 6.45) is 13.3. The Bertz CT molecular complexity index is 441. The number of aryl methyl sites for hydroxylation is 1. The number of imidazole rings is 1. The van der Waals surface area contributed by atoms with Crippen LogP contribution in [0.15, 0.2) is 12.4 Å². The molecule has 1 atom stereocenters. The molecule has 2 fully saturated rings. The Morgan fingerprint density at radius 3 is 2.52 bits per heavy atom. The van der Waals surface area contributed by atoms with E-state index >= 15 is 0 Å². The van der Waals surface area contributed by atoms with E-state index in [1.807, 2.05) is 6.20 Å². The number of hydrogen-bond donors (Lipinski definition) is 1. The monoisotopic (exact) mass is 290 g/mol. The van der Waals surface area contributed by atoms with Crippen LogP contribution in [0.25, 0.3) is 0 Å². The molecule has 3 rings (SSSR count). The van der Waals surface area contributed by atoms with Gasteiger partial charge in [-0.3, -0.25) is 4.90 Å². The van der Waals surface area contributed by atoms with E-state index in [0.29, 0.717) is 11.6 Å². The van der Waals surface area contributed by atoms with Gasteiger partial charge >= 0.3 is 0 Å². The summed E-state index contributed by atoms with van der Waals surface area (Å²) in [4.78, 5) is 7.48. The Labute approximate surface area is 128 Å². The predicted molar refractivity (Wildman–Crippen MR) is 86.2 cm³/mol. The first-order chi connectivity index (χ1) is 10.3. The van der Waals surface area contributed by atoms with Crippen molar-refractivity contribution >= 4 is 0 Å². The summed E-state index contributed by atoms with van der Waals surface area (Å²) in [6.45, 7) is 5.87. The third-order valence-electron chi connectivity index (χ3n) is 5.46. The van der Waals surface area contributed by atoms with Gasteiger partial charge in [0.05, 0.1) is 6.04 Å². The highest BCUT2D eigenvalue weighted by atomic mass is 15.3. The van der Waals surface area contributed by atoms with Gasteiger partial charge in [0, 0.05) is 25.0 Å². The molecule has 1 aliphatic carbocycles. The van der Waals surface area contributed by atoms with Crippen molar-refractivity contribution in [1.82, 2.24) is 19.8 Å². The minimum absolute atomic E-state index is 0.296. The molecule has 2 heterocycles. The topological polar surface area (TPSA) is 33.1 Å². The van der Waals surface area contributed by atoms with Gasteiger partial charge in [-0.1, -0.05) is 19.8 Å². The van der Waals surface area contributed by atoms with Crippen molar-refractivity contribution in [3.63, 3.8) is 0 Å². The van der Waals surface area contributed by atoms with Gasteiger partial charge in [0.1, 0.15) is 5.82 Å². The van der Waals surface area contributed by atoms with Crippen molar-refractivity contribution in [3.05, 3.63) is 18.2 Å². The van der Waals surface area contributed by atoms with Crippen LogP contribution in [-0.4, -0.2) is 39.6 Å². The van der Waals surface area contributed by atoms with Crippen LogP contribution in [0.3, 0.4) is 0 Å². The molecule has 0 spiro atoms. The zero-order valence-corrected chi connectivity index (χ0v) is 13.6. The van der Waals surface area contributed by atoms with Gasteiger partial charge < -0.3 is 9.88 Å². The lowest BCUT2D eigenvalue weighted by atomic mass is 9.85. The number of nitrogens with one attached hydrogen (secondary N) is 1. The SMILES string of the molecule is CCCNC(c1nccn1C)C1(N2CCCC2)CCCC1. The lowest BCUT2D eigenvalue weighted by Gasteiger charge is -2.45. The first-order valence-electron chi connectivity index (χ1n) is 8.73. The molecule has 1 aliphatic heterocycles. The molecule has 0 amide bonds. The molecule has 1 aromatic heterocycles. The molecule has 1 saturated heterocycles. The van der Waals surface area contributed by atoms with Crippen molar-refractivity contribution in [3.8, 4) is 0 Å². The van der Waals surface area contributed by atoms with Crippen LogP contribution in [0, 0.1) is 0 Å². The van der Waals surface area contributed by atoms with E-state index in [9.17, 15) is 0 Å². The maximum Gasteiger partial charge on any atom is 0.127 e. The van der Waals surface area contributed by atoms with Crippen LogP contribution in [0.4, 0.5) is 0 Å². The molecule has 118 valence electrons. The van der Waals surface area contributed by atoms with E-state index in [4.69, 9.17) is 4.98 Å². The second kappa shape index (κ2) is 6.49. The van der Waals surface area contributed by atoms with Crippen LogP contribution in [0.2, 0.25) is 0 Å². The lowest BCUT2D eigenvalue weighted by Crippen LogP contribution is -2.54. The van der Waals surface area contributed by atoms with Crippen molar-refractivity contribution in [1.29, 1.82) is 0 Å². The Kier molecular flexibility index (Phi) is 4.65. The number of likely N-dealkylation sites (tertiary alicyclic amines) is 1. The molecule has 0 bridgehead atoms. The first-order valence-corrected chi connectivity index (χ1v) is 8.73. The van der Waals surface area contributed by atoms with Crippen molar-refractivity contribution in [2.24, 2.45) is 7.05 Å². The molecule has 2 aliphatic rings. The van der Waals surface area contributed by atoms with Gasteiger partial charge in [-0.25, -0.2) is 4.98 Å². The van der Waals surface area contributed by atoms with Crippen molar-refractivity contribution in [2.75, 3.05) is 19.6 Å². The van der Waals surface area contributed by atoms with E-state index in [1.165, 1.54) is 63.9 Å². The molecule has 1 saturated carbocycles. The van der Waals surface area contributed by atoms with Crippen LogP contribution < -0.4 is 5.32 Å². The molecule has 0 aromatic carbocycles. The molecule has 1 unspecified atom stereocenters. The Morgan fingerprint density at radius 2 is 1.95 bits per heavy atom. The van der Waals surface area contributed by atoms with Crippen LogP contribution in [0.5, 0.6) is 0 Å². The maximum absolute atomic E-state index is 4.70. The molecule has 21 heavy (non-hydrogen) atoms. The summed E-state index contributed by atoms with van der Waals surface area (Å²) in [6, 6.07) is 0.373. The number of rotatable bonds is 6. The Balaban J connectivity index is 1.93. The third-order valence-corrected chi connectivity index (χ3v) is 5.46. The highest BCUT2D eigenvalue weighted by Gasteiger charge is 2.48. The quantitative estimate of drug-likeness (QED) is 0.874. The highest BCUT2D eigenvalue weighted by Crippen LogP contribution is 2.45. The molecule has 1 N–H and O–H groups in total. The Morgan fingerprint density at radius 1 is 1.24 bits per heavy atom. The number of hydrogen-bond acceptors (Lipinski definition) is 3. The predicted octanol–water partition coefficient (Wildman–Crippen LogP) is 2.87. The summed E-state index contributed by atoms with van der Waals surface area (Å²) in [5.41, 5.74) is 0.296. The molecule has 0 radical (unpaired) electrons. The Hall–Kier alpha value is -0.870. The first kappa shape index (κ1) is 15.0. The summed E-state index contributed by atoms with van der Waals surface area (Å²) in [5, 5.41) is 3.85. The summed E-state index contributed by atoms with van der Waals surface area (Å²) >= 11 is 0. The second-order valence-electron chi connectivity index (χ2n) is 6.79. The van der Waals surface area contributed by atoms with E-state index < -0.39 is 0 Å². The van der Waals surface area contributed by atoms with Crippen molar-refractivity contribution < 1.29 is 0 Å². The summed E-state index contributed by atoms with van der Waals surface area (Å²) in [5.74, 6) is 1.22. The summed E-state index contributed by atoms with van der Waals surface area (Å²) in [7, 11) is 2.13.